The van der Waals surface area contributed by atoms with Gasteiger partial charge in [-0.05, 0) is 36.4 Å². The molecule has 0 aliphatic heterocycles. The van der Waals surface area contributed by atoms with Crippen LogP contribution in [-0.2, 0) is 6.42 Å². The summed E-state index contributed by atoms with van der Waals surface area (Å²) in [6, 6.07) is 5.07. The molecule has 1 aromatic heterocycles. The molecule has 0 aliphatic rings. The summed E-state index contributed by atoms with van der Waals surface area (Å²) in [6.45, 7) is 1.71. The average molecular weight is 210 g/mol. The maximum absolute atomic E-state index is 13.5. The van der Waals surface area contributed by atoms with Crippen molar-refractivity contribution < 1.29 is 9.50 Å². The van der Waals surface area contributed by atoms with Crippen molar-refractivity contribution in [2.24, 2.45) is 0 Å². The summed E-state index contributed by atoms with van der Waals surface area (Å²) in [6.07, 6.45) is 0.0911. The topological polar surface area (TPSA) is 20.2 Å². The molecule has 0 fully saturated rings. The molecule has 0 spiro atoms. The molecule has 1 unspecified atom stereocenters. The monoisotopic (exact) mass is 210 g/mol. The Morgan fingerprint density at radius 1 is 1.50 bits per heavy atom. The van der Waals surface area contributed by atoms with E-state index in [2.05, 4.69) is 0 Å². The Labute approximate surface area is 85.8 Å². The molecule has 0 bridgehead atoms. The van der Waals surface area contributed by atoms with Crippen LogP contribution in [0.25, 0.3) is 10.1 Å². The highest BCUT2D eigenvalue weighted by Crippen LogP contribution is 2.28. The van der Waals surface area contributed by atoms with E-state index in [1.54, 1.807) is 13.0 Å². The largest absolute Gasteiger partial charge is 0.393 e. The van der Waals surface area contributed by atoms with Gasteiger partial charge in [-0.2, -0.15) is 0 Å². The van der Waals surface area contributed by atoms with Crippen LogP contribution in [0.4, 0.5) is 4.39 Å². The summed E-state index contributed by atoms with van der Waals surface area (Å²) in [4.78, 5) is 0. The van der Waals surface area contributed by atoms with E-state index in [1.807, 2.05) is 11.4 Å². The van der Waals surface area contributed by atoms with E-state index in [0.717, 1.165) is 10.3 Å². The first kappa shape index (κ1) is 9.62. The van der Waals surface area contributed by atoms with Crippen molar-refractivity contribution in [1.82, 2.24) is 0 Å². The molecular weight excluding hydrogens is 199 g/mol. The minimum atomic E-state index is -0.424. The number of hydrogen-bond acceptors (Lipinski definition) is 2. The van der Waals surface area contributed by atoms with Gasteiger partial charge in [-0.25, -0.2) is 4.39 Å². The van der Waals surface area contributed by atoms with Crippen LogP contribution in [0.3, 0.4) is 0 Å². The summed E-state index contributed by atoms with van der Waals surface area (Å²) < 4.78 is 14.4. The smallest absolute Gasteiger partial charge is 0.132 e. The van der Waals surface area contributed by atoms with Gasteiger partial charge < -0.3 is 5.11 Å². The van der Waals surface area contributed by atoms with Crippen molar-refractivity contribution in [3.05, 3.63) is 35.0 Å². The molecule has 1 heterocycles. The first-order chi connectivity index (χ1) is 6.68. The third-order valence-corrected chi connectivity index (χ3v) is 3.14. The Morgan fingerprint density at radius 3 is 3.00 bits per heavy atom. The molecule has 0 aliphatic carbocycles. The first-order valence-electron chi connectivity index (χ1n) is 4.51. The molecular formula is C11H11FOS. The number of hydrogen-bond donors (Lipinski definition) is 1. The second kappa shape index (κ2) is 3.67. The molecule has 1 atom stereocenters. The summed E-state index contributed by atoms with van der Waals surface area (Å²) in [7, 11) is 0. The van der Waals surface area contributed by atoms with Crippen molar-refractivity contribution in [3.8, 4) is 0 Å². The second-order valence-corrected chi connectivity index (χ2v) is 4.34. The third-order valence-electron chi connectivity index (χ3n) is 2.14. The lowest BCUT2D eigenvalue weighted by Gasteiger charge is -2.02. The fourth-order valence-electron chi connectivity index (χ4n) is 1.58. The van der Waals surface area contributed by atoms with Gasteiger partial charge in [-0.15, -0.1) is 11.3 Å². The maximum atomic E-state index is 13.5. The van der Waals surface area contributed by atoms with Gasteiger partial charge >= 0.3 is 0 Å². The van der Waals surface area contributed by atoms with Crippen LogP contribution in [-0.4, -0.2) is 11.2 Å². The van der Waals surface area contributed by atoms with E-state index < -0.39 is 6.10 Å². The molecule has 74 valence electrons. The van der Waals surface area contributed by atoms with Crippen LogP contribution in [0.1, 0.15) is 12.5 Å². The van der Waals surface area contributed by atoms with Gasteiger partial charge in [0.2, 0.25) is 0 Å². The van der Waals surface area contributed by atoms with Crippen molar-refractivity contribution in [1.29, 1.82) is 0 Å². The summed E-state index contributed by atoms with van der Waals surface area (Å²) in [5, 5.41) is 11.8. The Hall–Kier alpha value is -0.930. The van der Waals surface area contributed by atoms with E-state index >= 15 is 0 Å². The standard InChI is InChI=1S/C11H11FOS/c1-7(13)5-8-6-14-10-4-2-3-9(12)11(8)10/h2-4,6-7,13H,5H2,1H3. The van der Waals surface area contributed by atoms with Crippen LogP contribution in [0.15, 0.2) is 23.6 Å². The average Bonchev–Trinajstić information content (AvgIpc) is 2.49. The highest BCUT2D eigenvalue weighted by molar-refractivity contribution is 7.17. The quantitative estimate of drug-likeness (QED) is 0.808. The van der Waals surface area contributed by atoms with Crippen LogP contribution in [0, 0.1) is 5.82 Å². The predicted molar refractivity (Wildman–Crippen MR) is 57.2 cm³/mol. The van der Waals surface area contributed by atoms with Gasteiger partial charge in [-0.1, -0.05) is 6.07 Å². The zero-order valence-electron chi connectivity index (χ0n) is 7.83. The number of halogens is 1. The van der Waals surface area contributed by atoms with Gasteiger partial charge in [0, 0.05) is 10.1 Å². The minimum Gasteiger partial charge on any atom is -0.393 e. The first-order valence-corrected chi connectivity index (χ1v) is 5.39. The molecule has 1 N–H and O–H groups in total. The Bertz CT molecular complexity index is 447. The number of thiophene rings is 1. The highest BCUT2D eigenvalue weighted by Gasteiger charge is 2.10. The van der Waals surface area contributed by atoms with Gasteiger partial charge in [0.1, 0.15) is 5.82 Å². The van der Waals surface area contributed by atoms with Crippen molar-refractivity contribution >= 4 is 21.4 Å². The zero-order chi connectivity index (χ0) is 10.1. The minimum absolute atomic E-state index is 0.195. The third kappa shape index (κ3) is 1.65. The van der Waals surface area contributed by atoms with Crippen molar-refractivity contribution in [2.75, 3.05) is 0 Å². The van der Waals surface area contributed by atoms with E-state index in [4.69, 9.17) is 0 Å². The van der Waals surface area contributed by atoms with E-state index in [0.29, 0.717) is 11.8 Å². The van der Waals surface area contributed by atoms with E-state index in [9.17, 15) is 9.50 Å². The SMILES string of the molecule is CC(O)Cc1csc2cccc(F)c12. The van der Waals surface area contributed by atoms with Gasteiger partial charge in [0.05, 0.1) is 6.10 Å². The van der Waals surface area contributed by atoms with Crippen LogP contribution >= 0.6 is 11.3 Å². The van der Waals surface area contributed by atoms with Gasteiger partial charge in [-0.3, -0.25) is 0 Å². The number of aliphatic hydroxyl groups excluding tert-OH is 1. The normalized spacial score (nSPS) is 13.4. The van der Waals surface area contributed by atoms with E-state index in [-0.39, 0.29) is 5.82 Å². The van der Waals surface area contributed by atoms with Crippen molar-refractivity contribution in [2.45, 2.75) is 19.4 Å². The fraction of sp³-hybridized carbons (Fsp3) is 0.273. The van der Waals surface area contributed by atoms with Crippen molar-refractivity contribution in [3.63, 3.8) is 0 Å². The summed E-state index contributed by atoms with van der Waals surface area (Å²) >= 11 is 1.52. The maximum Gasteiger partial charge on any atom is 0.132 e. The van der Waals surface area contributed by atoms with Gasteiger partial charge in [0.15, 0.2) is 0 Å². The molecule has 14 heavy (non-hydrogen) atoms. The molecule has 0 saturated carbocycles. The molecule has 3 heteroatoms. The lowest BCUT2D eigenvalue weighted by molar-refractivity contribution is 0.196. The molecule has 2 aromatic rings. The van der Waals surface area contributed by atoms with Gasteiger partial charge in [0.25, 0.3) is 0 Å². The fourth-order valence-corrected chi connectivity index (χ4v) is 2.56. The molecule has 1 aromatic carbocycles. The molecule has 0 saturated heterocycles. The second-order valence-electron chi connectivity index (χ2n) is 3.43. The molecule has 1 nitrogen and oxygen atoms in total. The van der Waals surface area contributed by atoms with E-state index in [1.165, 1.54) is 17.4 Å². The zero-order valence-corrected chi connectivity index (χ0v) is 8.64. The number of aliphatic hydroxyl groups is 1. The molecule has 0 radical (unpaired) electrons. The highest BCUT2D eigenvalue weighted by atomic mass is 32.1. The Morgan fingerprint density at radius 2 is 2.29 bits per heavy atom. The lowest BCUT2D eigenvalue weighted by Crippen LogP contribution is -2.03. The number of fused-ring (bicyclic) bond motifs is 1. The summed E-state index contributed by atoms with van der Waals surface area (Å²) in [5.41, 5.74) is 0.901. The number of rotatable bonds is 2. The lowest BCUT2D eigenvalue weighted by atomic mass is 10.1. The molecule has 2 rings (SSSR count). The number of benzene rings is 1. The van der Waals surface area contributed by atoms with Crippen LogP contribution < -0.4 is 0 Å². The Balaban J connectivity index is 2.55. The van der Waals surface area contributed by atoms with Crippen LogP contribution in [0.2, 0.25) is 0 Å². The molecule has 0 amide bonds. The van der Waals surface area contributed by atoms with Crippen LogP contribution in [0.5, 0.6) is 0 Å². The summed E-state index contributed by atoms with van der Waals surface area (Å²) in [5.74, 6) is -0.195. The Kier molecular flexibility index (Phi) is 2.52. The predicted octanol–water partition coefficient (Wildman–Crippen LogP) is 2.96.